The molecule has 1 unspecified atom stereocenters. The molecule has 0 bridgehead atoms. The van der Waals surface area contributed by atoms with Crippen LogP contribution in [0.4, 0.5) is 4.39 Å². The van der Waals surface area contributed by atoms with E-state index in [2.05, 4.69) is 9.88 Å². The second-order valence-electron chi connectivity index (χ2n) is 5.83. The molecule has 0 amide bonds. The summed E-state index contributed by atoms with van der Waals surface area (Å²) >= 11 is 1.51. The minimum atomic E-state index is -0.890. The average molecular weight is 338 g/mol. The van der Waals surface area contributed by atoms with Gasteiger partial charge in [-0.15, -0.1) is 11.3 Å². The molecule has 5 nitrogen and oxygen atoms in total. The van der Waals surface area contributed by atoms with Gasteiger partial charge in [0.25, 0.3) is 0 Å². The number of methoxy groups -OCH3 is 1. The topological polar surface area (TPSA) is 62.7 Å². The molecule has 1 aromatic carbocycles. The fourth-order valence-corrected chi connectivity index (χ4v) is 4.15. The maximum Gasteiger partial charge on any atom is 0.333 e. The summed E-state index contributed by atoms with van der Waals surface area (Å²) in [5, 5.41) is 10.1. The van der Waals surface area contributed by atoms with Crippen molar-refractivity contribution in [2.45, 2.75) is 25.5 Å². The smallest absolute Gasteiger partial charge is 0.333 e. The Morgan fingerprint density at radius 3 is 2.91 bits per heavy atom. The maximum atomic E-state index is 13.2. The average Bonchev–Trinajstić information content (AvgIpc) is 2.90. The molecule has 1 fully saturated rings. The lowest BCUT2D eigenvalue weighted by atomic mass is 9.91. The standard InChI is InChI=1S/C16H19FN2O3S/c1-22-15(16(20)21)10-4-6-19(7-5-10)9-14-18-12-3-2-11(17)8-13(12)23-14/h2-3,8,10,15H,4-7,9H2,1H3,(H,20,21). The second-order valence-corrected chi connectivity index (χ2v) is 6.94. The molecule has 2 heterocycles. The molecule has 3 rings (SSSR count). The van der Waals surface area contributed by atoms with E-state index in [1.807, 2.05) is 0 Å². The maximum absolute atomic E-state index is 13.2. The molecule has 1 N–H and O–H groups in total. The Labute approximate surface area is 137 Å². The Morgan fingerprint density at radius 2 is 2.26 bits per heavy atom. The zero-order valence-corrected chi connectivity index (χ0v) is 13.7. The molecule has 7 heteroatoms. The van der Waals surface area contributed by atoms with Crippen LogP contribution in [0, 0.1) is 11.7 Å². The number of thiazole rings is 1. The number of aromatic nitrogens is 1. The molecule has 1 aromatic heterocycles. The van der Waals surface area contributed by atoms with Crippen molar-refractivity contribution in [2.75, 3.05) is 20.2 Å². The van der Waals surface area contributed by atoms with E-state index >= 15 is 0 Å². The van der Waals surface area contributed by atoms with Gasteiger partial charge in [-0.2, -0.15) is 0 Å². The zero-order chi connectivity index (χ0) is 16.4. The predicted octanol–water partition coefficient (Wildman–Crippen LogP) is 2.75. The molecule has 0 radical (unpaired) electrons. The molecular weight excluding hydrogens is 319 g/mol. The highest BCUT2D eigenvalue weighted by molar-refractivity contribution is 7.18. The summed E-state index contributed by atoms with van der Waals surface area (Å²) in [4.78, 5) is 18.0. The summed E-state index contributed by atoms with van der Waals surface area (Å²) in [5.74, 6) is -1.08. The Hall–Kier alpha value is -1.57. The molecule has 0 spiro atoms. The van der Waals surface area contributed by atoms with Gasteiger partial charge in [-0.3, -0.25) is 4.90 Å². The summed E-state index contributed by atoms with van der Waals surface area (Å²) in [6.07, 6.45) is 0.872. The van der Waals surface area contributed by atoms with E-state index in [1.165, 1.54) is 30.6 Å². The monoisotopic (exact) mass is 338 g/mol. The van der Waals surface area contributed by atoms with Crippen LogP contribution in [0.5, 0.6) is 0 Å². The van der Waals surface area contributed by atoms with E-state index < -0.39 is 12.1 Å². The van der Waals surface area contributed by atoms with Crippen LogP contribution >= 0.6 is 11.3 Å². The Balaban J connectivity index is 1.60. The highest BCUT2D eigenvalue weighted by Crippen LogP contribution is 2.27. The van der Waals surface area contributed by atoms with Crippen LogP contribution in [-0.2, 0) is 16.1 Å². The first-order valence-electron chi connectivity index (χ1n) is 7.59. The summed E-state index contributed by atoms with van der Waals surface area (Å²) in [7, 11) is 1.45. The molecule has 0 aliphatic carbocycles. The number of carboxylic acid groups (broad SMARTS) is 1. The van der Waals surface area contributed by atoms with Crippen LogP contribution in [-0.4, -0.2) is 47.3 Å². The number of aliphatic carboxylic acids is 1. The second kappa shape index (κ2) is 6.90. The third-order valence-electron chi connectivity index (χ3n) is 4.31. The van der Waals surface area contributed by atoms with Crippen LogP contribution < -0.4 is 0 Å². The number of ether oxygens (including phenoxy) is 1. The summed E-state index contributed by atoms with van der Waals surface area (Å²) in [5.41, 5.74) is 0.826. The number of nitrogens with zero attached hydrogens (tertiary/aromatic N) is 2. The van der Waals surface area contributed by atoms with E-state index in [0.717, 1.165) is 47.7 Å². The van der Waals surface area contributed by atoms with E-state index in [9.17, 15) is 9.18 Å². The van der Waals surface area contributed by atoms with Gasteiger partial charge in [0, 0.05) is 7.11 Å². The molecule has 2 aromatic rings. The third kappa shape index (κ3) is 3.68. The van der Waals surface area contributed by atoms with Crippen LogP contribution in [0.2, 0.25) is 0 Å². The summed E-state index contributed by atoms with van der Waals surface area (Å²) in [6.45, 7) is 2.36. The molecular formula is C16H19FN2O3S. The van der Waals surface area contributed by atoms with Crippen molar-refractivity contribution in [3.05, 3.63) is 29.0 Å². The van der Waals surface area contributed by atoms with E-state index in [-0.39, 0.29) is 11.7 Å². The fourth-order valence-electron chi connectivity index (χ4n) is 3.11. The van der Waals surface area contributed by atoms with Crippen molar-refractivity contribution in [1.29, 1.82) is 0 Å². The highest BCUT2D eigenvalue weighted by atomic mass is 32.1. The lowest BCUT2D eigenvalue weighted by molar-refractivity contribution is -0.153. The summed E-state index contributed by atoms with van der Waals surface area (Å²) < 4.78 is 19.2. The molecule has 124 valence electrons. The first-order chi connectivity index (χ1) is 11.1. The van der Waals surface area contributed by atoms with Gasteiger partial charge in [-0.1, -0.05) is 0 Å². The SMILES string of the molecule is COC(C(=O)O)C1CCN(Cc2nc3ccc(F)cc3s2)CC1. The molecule has 1 aliphatic heterocycles. The van der Waals surface area contributed by atoms with Crippen LogP contribution in [0.25, 0.3) is 10.2 Å². The lowest BCUT2D eigenvalue weighted by Gasteiger charge is -2.33. The van der Waals surface area contributed by atoms with Gasteiger partial charge >= 0.3 is 5.97 Å². The number of piperidine rings is 1. The number of fused-ring (bicyclic) bond motifs is 1. The quantitative estimate of drug-likeness (QED) is 0.908. The summed E-state index contributed by atoms with van der Waals surface area (Å²) in [6, 6.07) is 4.64. The molecule has 1 aliphatic rings. The first-order valence-corrected chi connectivity index (χ1v) is 8.41. The van der Waals surface area contributed by atoms with Crippen molar-refractivity contribution >= 4 is 27.5 Å². The molecule has 1 saturated heterocycles. The normalized spacial score (nSPS) is 18.3. The van der Waals surface area contributed by atoms with Crippen molar-refractivity contribution in [3.63, 3.8) is 0 Å². The van der Waals surface area contributed by atoms with E-state index in [4.69, 9.17) is 9.84 Å². The van der Waals surface area contributed by atoms with Crippen LogP contribution in [0.1, 0.15) is 17.8 Å². The van der Waals surface area contributed by atoms with E-state index in [0.29, 0.717) is 0 Å². The fraction of sp³-hybridized carbons (Fsp3) is 0.500. The zero-order valence-electron chi connectivity index (χ0n) is 12.9. The minimum absolute atomic E-state index is 0.0539. The van der Waals surface area contributed by atoms with Gasteiger partial charge in [-0.25, -0.2) is 14.2 Å². The number of hydrogen-bond acceptors (Lipinski definition) is 5. The molecule has 23 heavy (non-hydrogen) atoms. The molecule has 0 saturated carbocycles. The Morgan fingerprint density at radius 1 is 1.52 bits per heavy atom. The van der Waals surface area contributed by atoms with Gasteiger partial charge in [0.15, 0.2) is 6.10 Å². The number of likely N-dealkylation sites (tertiary alicyclic amines) is 1. The van der Waals surface area contributed by atoms with Crippen molar-refractivity contribution in [3.8, 4) is 0 Å². The number of halogens is 1. The minimum Gasteiger partial charge on any atom is -0.479 e. The van der Waals surface area contributed by atoms with Crippen molar-refractivity contribution in [1.82, 2.24) is 9.88 Å². The largest absolute Gasteiger partial charge is 0.479 e. The number of benzene rings is 1. The van der Waals surface area contributed by atoms with Crippen molar-refractivity contribution < 1.29 is 19.0 Å². The van der Waals surface area contributed by atoms with Gasteiger partial charge < -0.3 is 9.84 Å². The van der Waals surface area contributed by atoms with Crippen LogP contribution in [0.15, 0.2) is 18.2 Å². The lowest BCUT2D eigenvalue weighted by Crippen LogP contribution is -2.41. The Kier molecular flexibility index (Phi) is 4.89. The van der Waals surface area contributed by atoms with Crippen LogP contribution in [0.3, 0.4) is 0 Å². The highest BCUT2D eigenvalue weighted by Gasteiger charge is 2.31. The number of carboxylic acids is 1. The first kappa shape index (κ1) is 16.3. The van der Waals surface area contributed by atoms with Gasteiger partial charge in [0.2, 0.25) is 0 Å². The number of carbonyl (C=O) groups is 1. The van der Waals surface area contributed by atoms with Gasteiger partial charge in [0.1, 0.15) is 10.8 Å². The Bertz CT molecular complexity index is 698. The predicted molar refractivity (Wildman–Crippen MR) is 86.0 cm³/mol. The third-order valence-corrected chi connectivity index (χ3v) is 5.31. The number of rotatable bonds is 5. The van der Waals surface area contributed by atoms with E-state index in [1.54, 1.807) is 6.07 Å². The number of hydrogen-bond donors (Lipinski definition) is 1. The van der Waals surface area contributed by atoms with Crippen molar-refractivity contribution in [2.24, 2.45) is 5.92 Å². The molecule has 1 atom stereocenters. The van der Waals surface area contributed by atoms with Gasteiger partial charge in [-0.05, 0) is 50.0 Å². The van der Waals surface area contributed by atoms with Gasteiger partial charge in [0.05, 0.1) is 16.8 Å².